The highest BCUT2D eigenvalue weighted by atomic mass is 16.6. The number of aryl methyl sites for hydroxylation is 1. The predicted octanol–water partition coefficient (Wildman–Crippen LogP) is 4.90. The van der Waals surface area contributed by atoms with Gasteiger partial charge in [-0.3, -0.25) is 9.69 Å². The highest BCUT2D eigenvalue weighted by Gasteiger charge is 2.40. The van der Waals surface area contributed by atoms with Crippen LogP contribution in [0.2, 0.25) is 0 Å². The van der Waals surface area contributed by atoms with Crippen molar-refractivity contribution in [3.05, 3.63) is 77.9 Å². The fourth-order valence-corrected chi connectivity index (χ4v) is 3.23. The number of carbonyl (C=O) groups excluding carboxylic acids is 2. The van der Waals surface area contributed by atoms with Crippen molar-refractivity contribution in [1.29, 1.82) is 0 Å². The Balaban J connectivity index is 2.04. The minimum atomic E-state index is -0.652. The number of anilines is 1. The molecule has 0 radical (unpaired) electrons. The SMILES string of the molecule is C=CC1N(Cc2ccc(C)cc2)C(=O)c2ccccc2N1C(=O)OC(C)(C)C. The van der Waals surface area contributed by atoms with Gasteiger partial charge in [-0.15, -0.1) is 0 Å². The molecule has 0 fully saturated rings. The first-order valence-corrected chi connectivity index (χ1v) is 9.31. The Morgan fingerprint density at radius 1 is 1.14 bits per heavy atom. The summed E-state index contributed by atoms with van der Waals surface area (Å²) in [5, 5.41) is 0. The maximum atomic E-state index is 13.2. The predicted molar refractivity (Wildman–Crippen MR) is 110 cm³/mol. The molecule has 0 N–H and O–H groups in total. The average molecular weight is 378 g/mol. The third-order valence-corrected chi connectivity index (χ3v) is 4.51. The second-order valence-corrected chi connectivity index (χ2v) is 7.94. The topological polar surface area (TPSA) is 49.9 Å². The lowest BCUT2D eigenvalue weighted by Crippen LogP contribution is -2.56. The summed E-state index contributed by atoms with van der Waals surface area (Å²) in [5.41, 5.74) is 2.48. The molecule has 5 heteroatoms. The zero-order valence-electron chi connectivity index (χ0n) is 16.8. The summed E-state index contributed by atoms with van der Waals surface area (Å²) in [6.07, 6.45) is 0.455. The number of benzene rings is 2. The number of ether oxygens (including phenoxy) is 1. The molecule has 146 valence electrons. The number of rotatable bonds is 3. The molecular weight excluding hydrogens is 352 g/mol. The van der Waals surface area contributed by atoms with Crippen LogP contribution in [0.3, 0.4) is 0 Å². The second-order valence-electron chi connectivity index (χ2n) is 7.94. The van der Waals surface area contributed by atoms with Crippen LogP contribution < -0.4 is 4.90 Å². The van der Waals surface area contributed by atoms with Gasteiger partial charge in [0.05, 0.1) is 11.3 Å². The van der Waals surface area contributed by atoms with Crippen molar-refractivity contribution < 1.29 is 14.3 Å². The molecular formula is C23H26N2O3. The van der Waals surface area contributed by atoms with Crippen LogP contribution in [0, 0.1) is 6.92 Å². The minimum Gasteiger partial charge on any atom is -0.443 e. The molecule has 1 aliphatic rings. The zero-order valence-corrected chi connectivity index (χ0v) is 16.8. The van der Waals surface area contributed by atoms with Crippen molar-refractivity contribution in [1.82, 2.24) is 4.90 Å². The number of hydrogen-bond acceptors (Lipinski definition) is 3. The summed E-state index contributed by atoms with van der Waals surface area (Å²) in [6.45, 7) is 11.7. The van der Waals surface area contributed by atoms with Gasteiger partial charge < -0.3 is 9.64 Å². The van der Waals surface area contributed by atoms with E-state index in [4.69, 9.17) is 4.74 Å². The van der Waals surface area contributed by atoms with Gasteiger partial charge in [0.2, 0.25) is 0 Å². The van der Waals surface area contributed by atoms with Crippen LogP contribution in [0.1, 0.15) is 42.3 Å². The van der Waals surface area contributed by atoms with E-state index in [-0.39, 0.29) is 5.91 Å². The molecule has 0 aromatic heterocycles. The van der Waals surface area contributed by atoms with Gasteiger partial charge in [-0.2, -0.15) is 0 Å². The largest absolute Gasteiger partial charge is 0.443 e. The number of nitrogens with zero attached hydrogens (tertiary/aromatic N) is 2. The van der Waals surface area contributed by atoms with Crippen molar-refractivity contribution in [2.24, 2.45) is 0 Å². The molecule has 5 nitrogen and oxygen atoms in total. The molecule has 0 saturated heterocycles. The number of carbonyl (C=O) groups is 2. The Hall–Kier alpha value is -3.08. The van der Waals surface area contributed by atoms with Gasteiger partial charge in [0.25, 0.3) is 5.91 Å². The molecule has 1 aliphatic heterocycles. The van der Waals surface area contributed by atoms with Crippen molar-refractivity contribution in [2.45, 2.75) is 46.0 Å². The Labute approximate surface area is 166 Å². The maximum absolute atomic E-state index is 13.2. The van der Waals surface area contributed by atoms with Gasteiger partial charge in [0.15, 0.2) is 0 Å². The summed E-state index contributed by atoms with van der Waals surface area (Å²) in [5.74, 6) is -0.138. The van der Waals surface area contributed by atoms with Crippen LogP contribution in [0.5, 0.6) is 0 Å². The summed E-state index contributed by atoms with van der Waals surface area (Å²) < 4.78 is 5.62. The van der Waals surface area contributed by atoms with Crippen LogP contribution in [0.25, 0.3) is 0 Å². The maximum Gasteiger partial charge on any atom is 0.416 e. The summed E-state index contributed by atoms with van der Waals surface area (Å²) in [4.78, 5) is 29.4. The number of fused-ring (bicyclic) bond motifs is 1. The van der Waals surface area contributed by atoms with E-state index in [1.165, 1.54) is 4.90 Å². The van der Waals surface area contributed by atoms with Gasteiger partial charge in [-0.1, -0.05) is 48.5 Å². The highest BCUT2D eigenvalue weighted by Crippen LogP contribution is 2.33. The Morgan fingerprint density at radius 3 is 2.39 bits per heavy atom. The molecule has 0 bridgehead atoms. The lowest BCUT2D eigenvalue weighted by molar-refractivity contribution is 0.0484. The van der Waals surface area contributed by atoms with E-state index in [0.29, 0.717) is 17.8 Å². The van der Waals surface area contributed by atoms with E-state index in [1.54, 1.807) is 35.2 Å². The van der Waals surface area contributed by atoms with Gasteiger partial charge >= 0.3 is 6.09 Å². The zero-order chi connectivity index (χ0) is 20.5. The molecule has 1 heterocycles. The standard InChI is InChI=1S/C23H26N2O3/c1-6-20-24(15-17-13-11-16(2)12-14-17)21(26)18-9-7-8-10-19(18)25(20)22(27)28-23(3,4)5/h6-14,20H,1,15H2,2-5H3. The van der Waals surface area contributed by atoms with Gasteiger partial charge in [0.1, 0.15) is 11.8 Å². The first kappa shape index (κ1) is 19.7. The lowest BCUT2D eigenvalue weighted by atomic mass is 10.0. The molecule has 28 heavy (non-hydrogen) atoms. The highest BCUT2D eigenvalue weighted by molar-refractivity contribution is 6.07. The van der Waals surface area contributed by atoms with Gasteiger partial charge in [-0.25, -0.2) is 4.79 Å². The van der Waals surface area contributed by atoms with Crippen LogP contribution in [-0.2, 0) is 11.3 Å². The molecule has 1 atom stereocenters. The Bertz CT molecular complexity index is 897. The van der Waals surface area contributed by atoms with Crippen LogP contribution in [0.4, 0.5) is 10.5 Å². The number of hydrogen-bond donors (Lipinski definition) is 0. The fraction of sp³-hybridized carbons (Fsp3) is 0.304. The fourth-order valence-electron chi connectivity index (χ4n) is 3.23. The molecule has 2 aromatic carbocycles. The van der Waals surface area contributed by atoms with Gasteiger partial charge in [-0.05, 0) is 51.5 Å². The Morgan fingerprint density at radius 2 is 1.79 bits per heavy atom. The minimum absolute atomic E-state index is 0.138. The van der Waals surface area contributed by atoms with Crippen LogP contribution in [-0.4, -0.2) is 28.7 Å². The third kappa shape index (κ3) is 3.93. The first-order valence-electron chi connectivity index (χ1n) is 9.31. The van der Waals surface area contributed by atoms with Crippen molar-refractivity contribution in [3.8, 4) is 0 Å². The quantitative estimate of drug-likeness (QED) is 0.714. The van der Waals surface area contributed by atoms with E-state index < -0.39 is 17.9 Å². The number of amides is 2. The van der Waals surface area contributed by atoms with Crippen LogP contribution >= 0.6 is 0 Å². The van der Waals surface area contributed by atoms with Crippen molar-refractivity contribution >= 4 is 17.7 Å². The van der Waals surface area contributed by atoms with E-state index in [2.05, 4.69) is 6.58 Å². The van der Waals surface area contributed by atoms with Gasteiger partial charge in [0, 0.05) is 6.54 Å². The Kier molecular flexibility index (Phi) is 5.27. The number of para-hydroxylation sites is 1. The third-order valence-electron chi connectivity index (χ3n) is 4.51. The summed E-state index contributed by atoms with van der Waals surface area (Å²) in [7, 11) is 0. The molecule has 3 rings (SSSR count). The molecule has 2 amide bonds. The van der Waals surface area contributed by atoms with E-state index >= 15 is 0 Å². The molecule has 0 spiro atoms. The van der Waals surface area contributed by atoms with Crippen molar-refractivity contribution in [3.63, 3.8) is 0 Å². The molecule has 2 aromatic rings. The second kappa shape index (κ2) is 7.50. The molecule has 0 aliphatic carbocycles. The molecule has 1 unspecified atom stereocenters. The summed E-state index contributed by atoms with van der Waals surface area (Å²) in [6, 6.07) is 15.1. The molecule has 0 saturated carbocycles. The lowest BCUT2D eigenvalue weighted by Gasteiger charge is -2.43. The normalized spacial score (nSPS) is 16.6. The monoisotopic (exact) mass is 378 g/mol. The average Bonchev–Trinajstić information content (AvgIpc) is 2.63. The van der Waals surface area contributed by atoms with Crippen LogP contribution in [0.15, 0.2) is 61.2 Å². The first-order chi connectivity index (χ1) is 13.2. The van der Waals surface area contributed by atoms with E-state index in [9.17, 15) is 9.59 Å². The van der Waals surface area contributed by atoms with Crippen molar-refractivity contribution in [2.75, 3.05) is 4.90 Å². The smallest absolute Gasteiger partial charge is 0.416 e. The van der Waals surface area contributed by atoms with E-state index in [0.717, 1.165) is 11.1 Å². The summed E-state index contributed by atoms with van der Waals surface area (Å²) >= 11 is 0. The van der Waals surface area contributed by atoms with E-state index in [1.807, 2.05) is 52.0 Å².